The first-order valence-electron chi connectivity index (χ1n) is 11.9. The molecule has 0 amide bonds. The van der Waals surface area contributed by atoms with Crippen molar-refractivity contribution in [2.75, 3.05) is 5.73 Å². The van der Waals surface area contributed by atoms with Crippen molar-refractivity contribution in [3.63, 3.8) is 0 Å². The van der Waals surface area contributed by atoms with Gasteiger partial charge in [-0.2, -0.15) is 5.10 Å². The van der Waals surface area contributed by atoms with Crippen molar-refractivity contribution in [3.05, 3.63) is 106 Å². The lowest BCUT2D eigenvalue weighted by Crippen LogP contribution is -2.28. The van der Waals surface area contributed by atoms with Gasteiger partial charge in [0.15, 0.2) is 5.65 Å². The Kier molecular flexibility index (Phi) is 5.73. The maximum Gasteiger partial charge on any atom is 0.263 e. The highest BCUT2D eigenvalue weighted by Crippen LogP contribution is 2.31. The van der Waals surface area contributed by atoms with E-state index in [1.54, 1.807) is 65.3 Å². The first kappa shape index (κ1) is 23.8. The predicted molar refractivity (Wildman–Crippen MR) is 145 cm³/mol. The fourth-order valence-corrected chi connectivity index (χ4v) is 4.61. The van der Waals surface area contributed by atoms with Gasteiger partial charge >= 0.3 is 0 Å². The molecule has 0 saturated carbocycles. The van der Waals surface area contributed by atoms with Crippen molar-refractivity contribution >= 4 is 27.8 Å². The standard InChI is InChI=1S/C29H20FN7O2/c1-2-17-7-5-9-22-24(17)29(39)36(14-19-6-3-4-8-21(19)30)23(34-22)15-37-28-25(27(31)32-16-33-28)26(35-37)18-10-12-20(38)13-11-18/h1,3-13,16,38H,14-15H2,(H2,31,32,33). The third-order valence-electron chi connectivity index (χ3n) is 6.49. The Morgan fingerprint density at radius 2 is 1.77 bits per heavy atom. The van der Waals surface area contributed by atoms with Gasteiger partial charge in [0.05, 0.1) is 22.8 Å². The van der Waals surface area contributed by atoms with E-state index in [9.17, 15) is 14.3 Å². The number of hydrogen-bond donors (Lipinski definition) is 2. The molecular formula is C29H20FN7O2. The normalized spacial score (nSPS) is 11.2. The lowest BCUT2D eigenvalue weighted by atomic mass is 10.1. The number of hydrogen-bond acceptors (Lipinski definition) is 7. The molecule has 39 heavy (non-hydrogen) atoms. The SMILES string of the molecule is C#Cc1cccc2nc(Cn3nc(-c4ccc(O)cc4)c4c(N)ncnc43)n(Cc3ccccc3F)c(=O)c12. The largest absolute Gasteiger partial charge is 0.508 e. The summed E-state index contributed by atoms with van der Waals surface area (Å²) in [6.07, 6.45) is 7.00. The molecule has 6 rings (SSSR count). The van der Waals surface area contributed by atoms with Crippen molar-refractivity contribution in [1.29, 1.82) is 0 Å². The lowest BCUT2D eigenvalue weighted by Gasteiger charge is -2.15. The number of nitrogen functional groups attached to an aromatic ring is 1. The van der Waals surface area contributed by atoms with Crippen LogP contribution >= 0.6 is 0 Å². The molecule has 0 spiro atoms. The molecule has 3 aromatic heterocycles. The molecule has 0 fully saturated rings. The molecule has 3 aromatic carbocycles. The highest BCUT2D eigenvalue weighted by Gasteiger charge is 2.21. The third kappa shape index (κ3) is 4.12. The number of anilines is 1. The first-order valence-corrected chi connectivity index (χ1v) is 11.9. The van der Waals surface area contributed by atoms with Crippen molar-refractivity contribution in [2.45, 2.75) is 13.1 Å². The summed E-state index contributed by atoms with van der Waals surface area (Å²) in [5.41, 5.74) is 8.59. The molecule has 190 valence electrons. The van der Waals surface area contributed by atoms with E-state index in [1.165, 1.54) is 17.0 Å². The Labute approximate surface area is 221 Å². The summed E-state index contributed by atoms with van der Waals surface area (Å²) >= 11 is 0. The smallest absolute Gasteiger partial charge is 0.263 e. The van der Waals surface area contributed by atoms with Crippen LogP contribution in [0.4, 0.5) is 10.2 Å². The molecule has 0 aliphatic rings. The van der Waals surface area contributed by atoms with Crippen molar-refractivity contribution in [3.8, 4) is 29.4 Å². The van der Waals surface area contributed by atoms with Crippen molar-refractivity contribution < 1.29 is 9.50 Å². The van der Waals surface area contributed by atoms with Crippen LogP contribution in [-0.4, -0.2) is 34.4 Å². The van der Waals surface area contributed by atoms with Gasteiger partial charge in [-0.05, 0) is 42.5 Å². The molecule has 0 aliphatic carbocycles. The molecule has 10 heteroatoms. The molecular weight excluding hydrogens is 497 g/mol. The van der Waals surface area contributed by atoms with Gasteiger partial charge < -0.3 is 10.8 Å². The van der Waals surface area contributed by atoms with Crippen LogP contribution in [-0.2, 0) is 13.1 Å². The van der Waals surface area contributed by atoms with Gasteiger partial charge in [-0.15, -0.1) is 6.42 Å². The van der Waals surface area contributed by atoms with Crippen LogP contribution in [0.15, 0.2) is 77.9 Å². The second-order valence-corrected chi connectivity index (χ2v) is 8.87. The van der Waals surface area contributed by atoms with E-state index >= 15 is 0 Å². The zero-order valence-electron chi connectivity index (χ0n) is 20.4. The number of terminal acetylenes is 1. The molecule has 6 aromatic rings. The zero-order valence-corrected chi connectivity index (χ0v) is 20.4. The number of phenolic OH excluding ortho intramolecular Hbond substituents is 1. The minimum atomic E-state index is -0.444. The fraction of sp³-hybridized carbons (Fsp3) is 0.0690. The number of halogens is 1. The van der Waals surface area contributed by atoms with Crippen LogP contribution in [0.5, 0.6) is 5.75 Å². The van der Waals surface area contributed by atoms with Crippen LogP contribution in [0.2, 0.25) is 0 Å². The van der Waals surface area contributed by atoms with Crippen LogP contribution in [0.3, 0.4) is 0 Å². The van der Waals surface area contributed by atoms with E-state index in [2.05, 4.69) is 15.9 Å². The number of nitrogens with two attached hydrogens (primary N) is 1. The highest BCUT2D eigenvalue weighted by molar-refractivity contribution is 5.98. The van der Waals surface area contributed by atoms with E-state index < -0.39 is 11.4 Å². The number of aromatic hydroxyl groups is 1. The van der Waals surface area contributed by atoms with Gasteiger partial charge in [0.1, 0.15) is 41.8 Å². The van der Waals surface area contributed by atoms with Gasteiger partial charge in [0, 0.05) is 16.7 Å². The van der Waals surface area contributed by atoms with E-state index in [1.807, 2.05) is 0 Å². The van der Waals surface area contributed by atoms with Gasteiger partial charge in [0.2, 0.25) is 0 Å². The van der Waals surface area contributed by atoms with Crippen LogP contribution in [0.1, 0.15) is 17.0 Å². The van der Waals surface area contributed by atoms with Gasteiger partial charge in [-0.25, -0.2) is 24.0 Å². The number of benzene rings is 3. The van der Waals surface area contributed by atoms with Crippen LogP contribution in [0.25, 0.3) is 33.2 Å². The highest BCUT2D eigenvalue weighted by atomic mass is 19.1. The van der Waals surface area contributed by atoms with Crippen LogP contribution < -0.4 is 11.3 Å². The third-order valence-corrected chi connectivity index (χ3v) is 6.49. The number of aromatic nitrogens is 6. The number of fused-ring (bicyclic) bond motifs is 2. The number of phenols is 1. The maximum absolute atomic E-state index is 14.7. The predicted octanol–water partition coefficient (Wildman–Crippen LogP) is 3.71. The summed E-state index contributed by atoms with van der Waals surface area (Å²) in [5.74, 6) is 2.76. The Balaban J connectivity index is 1.57. The van der Waals surface area contributed by atoms with E-state index in [0.29, 0.717) is 44.8 Å². The maximum atomic E-state index is 14.7. The minimum absolute atomic E-state index is 0.0188. The summed E-state index contributed by atoms with van der Waals surface area (Å²) in [6, 6.07) is 17.8. The molecule has 0 unspecified atom stereocenters. The number of rotatable bonds is 5. The summed E-state index contributed by atoms with van der Waals surface area (Å²) in [4.78, 5) is 27.1. The molecule has 0 saturated heterocycles. The average Bonchev–Trinajstić information content (AvgIpc) is 3.31. The zero-order chi connectivity index (χ0) is 27.1. The molecule has 9 nitrogen and oxygen atoms in total. The summed E-state index contributed by atoms with van der Waals surface area (Å²) in [6.45, 7) is -0.0468. The summed E-state index contributed by atoms with van der Waals surface area (Å²) in [7, 11) is 0. The minimum Gasteiger partial charge on any atom is -0.508 e. The Morgan fingerprint density at radius 1 is 0.974 bits per heavy atom. The van der Waals surface area contributed by atoms with E-state index in [-0.39, 0.29) is 30.0 Å². The van der Waals surface area contributed by atoms with Crippen molar-refractivity contribution in [1.82, 2.24) is 29.3 Å². The second-order valence-electron chi connectivity index (χ2n) is 8.87. The Bertz CT molecular complexity index is 1990. The fourth-order valence-electron chi connectivity index (χ4n) is 4.61. The summed E-state index contributed by atoms with van der Waals surface area (Å²) < 4.78 is 17.6. The topological polar surface area (TPSA) is 125 Å². The van der Waals surface area contributed by atoms with Gasteiger partial charge in [0.25, 0.3) is 5.56 Å². The van der Waals surface area contributed by atoms with Gasteiger partial charge in [-0.1, -0.05) is 30.2 Å². The molecule has 0 aliphatic heterocycles. The lowest BCUT2D eigenvalue weighted by molar-refractivity contribution is 0.475. The molecule has 0 radical (unpaired) electrons. The monoisotopic (exact) mass is 517 g/mol. The number of nitrogens with zero attached hydrogens (tertiary/aromatic N) is 6. The van der Waals surface area contributed by atoms with E-state index in [0.717, 1.165) is 0 Å². The van der Waals surface area contributed by atoms with Crippen molar-refractivity contribution in [2.24, 2.45) is 0 Å². The van der Waals surface area contributed by atoms with Gasteiger partial charge in [-0.3, -0.25) is 9.36 Å². The molecule has 0 bridgehead atoms. The van der Waals surface area contributed by atoms with Crippen LogP contribution in [0, 0.1) is 18.2 Å². The first-order chi connectivity index (χ1) is 18.9. The summed E-state index contributed by atoms with van der Waals surface area (Å²) in [5, 5.41) is 15.3. The molecule has 3 heterocycles. The average molecular weight is 518 g/mol. The quantitative estimate of drug-likeness (QED) is 0.334. The Hall–Kier alpha value is -5.56. The second kappa shape index (κ2) is 9.39. The molecule has 0 atom stereocenters. The van der Waals surface area contributed by atoms with E-state index in [4.69, 9.17) is 22.2 Å². The Morgan fingerprint density at radius 3 is 2.54 bits per heavy atom. The molecule has 3 N–H and O–H groups in total.